The number of amides is 1. The summed E-state index contributed by atoms with van der Waals surface area (Å²) in [5.74, 6) is 1.43. The summed E-state index contributed by atoms with van der Waals surface area (Å²) in [6, 6.07) is 0.731. The van der Waals surface area contributed by atoms with Crippen LogP contribution in [0.5, 0.6) is 0 Å². The molecule has 1 aliphatic carbocycles. The van der Waals surface area contributed by atoms with Gasteiger partial charge >= 0.3 is 155 Å². The van der Waals surface area contributed by atoms with Gasteiger partial charge in [0.05, 0.1) is 0 Å². The zero-order valence-electron chi connectivity index (χ0n) is 15.8. The zero-order valence-corrected chi connectivity index (χ0v) is 17.5. The van der Waals surface area contributed by atoms with Crippen molar-refractivity contribution < 1.29 is 9.53 Å². The Morgan fingerprint density at radius 1 is 1.46 bits per heavy atom. The molecule has 2 aliphatic rings. The number of hydrogen-bond acceptors (Lipinski definition) is 3. The molecule has 2 fully saturated rings. The molecule has 1 amide bonds. The fourth-order valence-electron chi connectivity index (χ4n) is 3.33. The van der Waals surface area contributed by atoms with Gasteiger partial charge in [-0.2, -0.15) is 0 Å². The van der Waals surface area contributed by atoms with Crippen LogP contribution in [0.2, 0.25) is 5.32 Å². The first-order chi connectivity index (χ1) is 11.2. The predicted octanol–water partition coefficient (Wildman–Crippen LogP) is 3.05. The van der Waals surface area contributed by atoms with Gasteiger partial charge in [0.2, 0.25) is 0 Å². The average Bonchev–Trinajstić information content (AvgIpc) is 3.08. The molecule has 2 rings (SSSR count). The first-order valence-electron chi connectivity index (χ1n) is 8.73. The van der Waals surface area contributed by atoms with E-state index in [0.717, 1.165) is 18.3 Å². The second kappa shape index (κ2) is 8.42. The van der Waals surface area contributed by atoms with Gasteiger partial charge in [-0.25, -0.2) is 0 Å². The second-order valence-electron chi connectivity index (χ2n) is 7.64. The van der Waals surface area contributed by atoms with Crippen LogP contribution in [0.3, 0.4) is 0 Å². The molecule has 24 heavy (non-hydrogen) atoms. The summed E-state index contributed by atoms with van der Waals surface area (Å²) in [6.45, 7) is 9.85. The van der Waals surface area contributed by atoms with E-state index in [0.29, 0.717) is 33.6 Å². The second-order valence-corrected chi connectivity index (χ2v) is 9.87. The minimum absolute atomic E-state index is 0.145. The van der Waals surface area contributed by atoms with Gasteiger partial charge in [-0.1, -0.05) is 0 Å². The topological polar surface area (TPSA) is 32.8 Å². The summed E-state index contributed by atoms with van der Waals surface area (Å²) in [6.07, 6.45) is 7.57. The van der Waals surface area contributed by atoms with Gasteiger partial charge in [-0.15, -0.1) is 0 Å². The molecule has 5 radical (unpaired) electrons. The van der Waals surface area contributed by atoms with Crippen LogP contribution >= 0.6 is 0 Å². The molecule has 1 saturated heterocycles. The van der Waals surface area contributed by atoms with Crippen molar-refractivity contribution in [3.63, 3.8) is 0 Å². The van der Waals surface area contributed by atoms with Gasteiger partial charge in [-0.3, -0.25) is 0 Å². The normalized spacial score (nSPS) is 26.3. The standard InChI is InChI=1S/C19H31N2O2Se/c1-7-23-18(22)21-13-19(3,4)11-15(21)12-24-17-10-8-9-16(17)14(2)20(5)6/h8-10,14-15H,7,11-13H2,1-6H3/t14-,15-/m1/s1. The van der Waals surface area contributed by atoms with Crippen LogP contribution in [-0.2, 0) is 4.74 Å². The van der Waals surface area contributed by atoms with Crippen LogP contribution < -0.4 is 0 Å². The van der Waals surface area contributed by atoms with Crippen molar-refractivity contribution in [2.75, 3.05) is 27.2 Å². The molecule has 2 atom stereocenters. The van der Waals surface area contributed by atoms with E-state index >= 15 is 0 Å². The average molecular weight is 398 g/mol. The van der Waals surface area contributed by atoms with Crippen LogP contribution in [0.4, 0.5) is 4.79 Å². The van der Waals surface area contributed by atoms with Gasteiger partial charge in [0.15, 0.2) is 0 Å². The summed E-state index contributed by atoms with van der Waals surface area (Å²) in [5, 5.41) is 1.06. The van der Waals surface area contributed by atoms with Crippen LogP contribution in [0.15, 0.2) is 0 Å². The van der Waals surface area contributed by atoms with E-state index in [1.54, 1.807) is 0 Å². The number of likely N-dealkylation sites (tertiary alicyclic amines) is 1. The van der Waals surface area contributed by atoms with Crippen molar-refractivity contribution in [3.05, 3.63) is 30.0 Å². The number of hydrogen-bond donors (Lipinski definition) is 0. The first kappa shape index (κ1) is 20.1. The molecule has 1 aliphatic heterocycles. The van der Waals surface area contributed by atoms with E-state index in [2.05, 4.69) is 59.0 Å². The fraction of sp³-hybridized carbons (Fsp3) is 0.684. The molecule has 135 valence electrons. The number of rotatable bonds is 6. The van der Waals surface area contributed by atoms with E-state index in [4.69, 9.17) is 4.74 Å². The summed E-state index contributed by atoms with van der Waals surface area (Å²) in [5.41, 5.74) is 0.180. The summed E-state index contributed by atoms with van der Waals surface area (Å²) in [4.78, 5) is 18.0. The molecule has 4 nitrogen and oxygen atoms in total. The van der Waals surface area contributed by atoms with Gasteiger partial charge in [-0.05, 0) is 0 Å². The van der Waals surface area contributed by atoms with E-state index < -0.39 is 0 Å². The van der Waals surface area contributed by atoms with Crippen molar-refractivity contribution in [1.82, 2.24) is 9.80 Å². The molecule has 1 heterocycles. The van der Waals surface area contributed by atoms with Gasteiger partial charge in [0.25, 0.3) is 0 Å². The van der Waals surface area contributed by atoms with Crippen LogP contribution in [0.25, 0.3) is 0 Å². The first-order valence-corrected chi connectivity index (χ1v) is 10.8. The Morgan fingerprint density at radius 2 is 2.17 bits per heavy atom. The monoisotopic (exact) mass is 399 g/mol. The van der Waals surface area contributed by atoms with Crippen LogP contribution in [-0.4, -0.2) is 70.2 Å². The molecule has 0 aromatic rings. The Labute approximate surface area is 154 Å². The molecular weight excluding hydrogens is 367 g/mol. The fourth-order valence-corrected chi connectivity index (χ4v) is 5.95. The Kier molecular flexibility index (Phi) is 7.04. The SMILES string of the molecule is CCOC(=O)N1CC(C)(C)C[C@@H]1C[Se][C]1[CH][CH][CH][C]1[C@@H](C)N(C)C. The number of ether oxygens (including phenoxy) is 1. The van der Waals surface area contributed by atoms with Crippen molar-refractivity contribution in [2.45, 2.75) is 51.5 Å². The Bertz CT molecular complexity index is 428. The molecule has 0 spiro atoms. The predicted molar refractivity (Wildman–Crippen MR) is 99.0 cm³/mol. The molecule has 0 unspecified atom stereocenters. The third kappa shape index (κ3) is 4.89. The third-order valence-corrected chi connectivity index (χ3v) is 7.38. The summed E-state index contributed by atoms with van der Waals surface area (Å²) < 4.78 is 5.27. The molecule has 5 heteroatoms. The van der Waals surface area contributed by atoms with Crippen molar-refractivity contribution in [3.8, 4) is 0 Å². The van der Waals surface area contributed by atoms with Crippen molar-refractivity contribution in [2.24, 2.45) is 5.41 Å². The number of carbonyl (C=O) groups excluding carboxylic acids is 1. The van der Waals surface area contributed by atoms with Crippen LogP contribution in [0, 0.1) is 35.4 Å². The minimum atomic E-state index is -0.145. The maximum atomic E-state index is 12.3. The molecular formula is C19H31N2O2Se. The third-order valence-electron chi connectivity index (χ3n) is 4.79. The van der Waals surface area contributed by atoms with Crippen molar-refractivity contribution in [1.29, 1.82) is 0 Å². The van der Waals surface area contributed by atoms with Crippen molar-refractivity contribution >= 4 is 21.1 Å². The Morgan fingerprint density at radius 3 is 2.79 bits per heavy atom. The van der Waals surface area contributed by atoms with Crippen LogP contribution in [0.1, 0.15) is 34.1 Å². The molecule has 0 aromatic heterocycles. The molecule has 0 aromatic carbocycles. The van der Waals surface area contributed by atoms with E-state index in [9.17, 15) is 4.79 Å². The molecule has 1 saturated carbocycles. The molecule has 0 bridgehead atoms. The zero-order chi connectivity index (χ0) is 17.9. The van der Waals surface area contributed by atoms with Gasteiger partial charge < -0.3 is 0 Å². The van der Waals surface area contributed by atoms with Gasteiger partial charge in [0, 0.05) is 0 Å². The summed E-state index contributed by atoms with van der Waals surface area (Å²) in [7, 11) is 4.24. The van der Waals surface area contributed by atoms with Gasteiger partial charge in [0.1, 0.15) is 0 Å². The number of nitrogens with zero attached hydrogens (tertiary/aromatic N) is 2. The Hall–Kier alpha value is -0.251. The number of carbonyl (C=O) groups is 1. The quantitative estimate of drug-likeness (QED) is 0.645. The Balaban J connectivity index is 1.94. The molecule has 0 N–H and O–H groups in total. The van der Waals surface area contributed by atoms with E-state index in [-0.39, 0.29) is 11.5 Å². The van der Waals surface area contributed by atoms with E-state index in [1.165, 1.54) is 10.7 Å². The van der Waals surface area contributed by atoms with E-state index in [1.807, 2.05) is 11.8 Å². The maximum absolute atomic E-state index is 12.3. The summed E-state index contributed by atoms with van der Waals surface area (Å²) >= 11 is 0.374.